The van der Waals surface area contributed by atoms with Crippen LogP contribution in [-0.2, 0) is 11.2 Å². The Morgan fingerprint density at radius 2 is 1.86 bits per heavy atom. The minimum atomic E-state index is -0.229. The zero-order valence-corrected chi connectivity index (χ0v) is 13.5. The summed E-state index contributed by atoms with van der Waals surface area (Å²) in [5.41, 5.74) is 1.03. The summed E-state index contributed by atoms with van der Waals surface area (Å²) in [5, 5.41) is 2.98. The molecule has 1 atom stereocenters. The number of likely N-dealkylation sites (N-methyl/N-ethyl adjacent to an activating group) is 1. The van der Waals surface area contributed by atoms with E-state index in [1.165, 1.54) is 12.1 Å². The highest BCUT2D eigenvalue weighted by Gasteiger charge is 2.24. The van der Waals surface area contributed by atoms with Gasteiger partial charge in [-0.2, -0.15) is 0 Å². The first-order valence-electron chi connectivity index (χ1n) is 8.08. The Labute approximate surface area is 132 Å². The second kappa shape index (κ2) is 8.25. The zero-order valence-electron chi connectivity index (χ0n) is 13.5. The SMILES string of the molecule is CCN1CCN([C@H](C)C(=O)NCCc2ccc(F)cc2)CC1. The van der Waals surface area contributed by atoms with Crippen LogP contribution in [0.1, 0.15) is 19.4 Å². The largest absolute Gasteiger partial charge is 0.354 e. The fourth-order valence-corrected chi connectivity index (χ4v) is 2.76. The first kappa shape index (κ1) is 16.9. The molecule has 22 heavy (non-hydrogen) atoms. The molecule has 5 heteroatoms. The highest BCUT2D eigenvalue weighted by Crippen LogP contribution is 2.07. The van der Waals surface area contributed by atoms with E-state index in [4.69, 9.17) is 0 Å². The number of piperazine rings is 1. The molecule has 122 valence electrons. The van der Waals surface area contributed by atoms with Gasteiger partial charge in [0.05, 0.1) is 6.04 Å². The number of nitrogens with zero attached hydrogens (tertiary/aromatic N) is 2. The molecule has 1 N–H and O–H groups in total. The van der Waals surface area contributed by atoms with Crippen LogP contribution in [0, 0.1) is 5.82 Å². The van der Waals surface area contributed by atoms with Crippen molar-refractivity contribution in [2.45, 2.75) is 26.3 Å². The van der Waals surface area contributed by atoms with Crippen LogP contribution in [0.4, 0.5) is 4.39 Å². The number of benzene rings is 1. The van der Waals surface area contributed by atoms with Crippen molar-refractivity contribution in [3.05, 3.63) is 35.6 Å². The van der Waals surface area contributed by atoms with Crippen LogP contribution in [0.2, 0.25) is 0 Å². The maximum Gasteiger partial charge on any atom is 0.237 e. The van der Waals surface area contributed by atoms with E-state index in [1.54, 1.807) is 12.1 Å². The third kappa shape index (κ3) is 4.78. The standard InChI is InChI=1S/C17H26FN3O/c1-3-20-10-12-21(13-11-20)14(2)17(22)19-9-8-15-4-6-16(18)7-5-15/h4-7,14H,3,8-13H2,1-2H3,(H,19,22)/t14-/m1/s1. The molecule has 0 bridgehead atoms. The fourth-order valence-electron chi connectivity index (χ4n) is 2.76. The van der Waals surface area contributed by atoms with Gasteiger partial charge in [0.1, 0.15) is 5.82 Å². The lowest BCUT2D eigenvalue weighted by molar-refractivity contribution is -0.126. The molecule has 1 fully saturated rings. The van der Waals surface area contributed by atoms with E-state index in [1.807, 2.05) is 6.92 Å². The van der Waals surface area contributed by atoms with Crippen LogP contribution < -0.4 is 5.32 Å². The van der Waals surface area contributed by atoms with Crippen LogP contribution in [0.3, 0.4) is 0 Å². The third-order valence-electron chi connectivity index (χ3n) is 4.41. The lowest BCUT2D eigenvalue weighted by atomic mass is 10.1. The Morgan fingerprint density at radius 1 is 1.23 bits per heavy atom. The molecule has 2 rings (SSSR count). The summed E-state index contributed by atoms with van der Waals surface area (Å²) in [4.78, 5) is 16.8. The Balaban J connectivity index is 1.71. The van der Waals surface area contributed by atoms with Crippen molar-refractivity contribution in [3.8, 4) is 0 Å². The van der Waals surface area contributed by atoms with Crippen molar-refractivity contribution in [2.24, 2.45) is 0 Å². The van der Waals surface area contributed by atoms with Gasteiger partial charge in [-0.1, -0.05) is 19.1 Å². The Bertz CT molecular complexity index is 469. The van der Waals surface area contributed by atoms with Crippen molar-refractivity contribution >= 4 is 5.91 Å². The van der Waals surface area contributed by atoms with E-state index in [2.05, 4.69) is 22.0 Å². The Kier molecular flexibility index (Phi) is 6.34. The van der Waals surface area contributed by atoms with Crippen LogP contribution in [-0.4, -0.2) is 61.0 Å². The van der Waals surface area contributed by atoms with Gasteiger partial charge in [-0.25, -0.2) is 4.39 Å². The molecule has 1 aromatic carbocycles. The van der Waals surface area contributed by atoms with Crippen LogP contribution >= 0.6 is 0 Å². The predicted octanol–water partition coefficient (Wildman–Crippen LogP) is 1.51. The number of hydrogen-bond donors (Lipinski definition) is 1. The van der Waals surface area contributed by atoms with Crippen LogP contribution in [0.25, 0.3) is 0 Å². The molecule has 0 aliphatic carbocycles. The van der Waals surface area contributed by atoms with Gasteiger partial charge in [-0.05, 0) is 37.6 Å². The minimum Gasteiger partial charge on any atom is -0.354 e. The van der Waals surface area contributed by atoms with Gasteiger partial charge in [-0.3, -0.25) is 9.69 Å². The summed E-state index contributed by atoms with van der Waals surface area (Å²) < 4.78 is 12.8. The van der Waals surface area contributed by atoms with E-state index >= 15 is 0 Å². The summed E-state index contributed by atoms with van der Waals surface area (Å²) in [5.74, 6) is -0.153. The topological polar surface area (TPSA) is 35.6 Å². The van der Waals surface area contributed by atoms with Gasteiger partial charge < -0.3 is 10.2 Å². The molecule has 1 aromatic rings. The van der Waals surface area contributed by atoms with Crippen molar-refractivity contribution < 1.29 is 9.18 Å². The summed E-state index contributed by atoms with van der Waals surface area (Å²) in [7, 11) is 0. The summed E-state index contributed by atoms with van der Waals surface area (Å²) in [6.07, 6.45) is 0.725. The monoisotopic (exact) mass is 307 g/mol. The number of amides is 1. The maximum absolute atomic E-state index is 12.8. The third-order valence-corrected chi connectivity index (χ3v) is 4.41. The Morgan fingerprint density at radius 3 is 2.45 bits per heavy atom. The van der Waals surface area contributed by atoms with Crippen LogP contribution in [0.5, 0.6) is 0 Å². The highest BCUT2D eigenvalue weighted by molar-refractivity contribution is 5.81. The van der Waals surface area contributed by atoms with E-state index in [0.29, 0.717) is 6.54 Å². The van der Waals surface area contributed by atoms with Gasteiger partial charge in [0.2, 0.25) is 5.91 Å². The molecule has 1 saturated heterocycles. The number of rotatable bonds is 6. The molecule has 0 aromatic heterocycles. The number of hydrogen-bond acceptors (Lipinski definition) is 3. The normalized spacial score (nSPS) is 18.1. The maximum atomic E-state index is 12.8. The van der Waals surface area contributed by atoms with Crippen molar-refractivity contribution in [1.82, 2.24) is 15.1 Å². The highest BCUT2D eigenvalue weighted by atomic mass is 19.1. The average Bonchev–Trinajstić information content (AvgIpc) is 2.56. The number of carbonyl (C=O) groups excluding carboxylic acids is 1. The van der Waals surface area contributed by atoms with E-state index in [9.17, 15) is 9.18 Å². The molecular formula is C17H26FN3O. The molecule has 0 unspecified atom stereocenters. The summed E-state index contributed by atoms with van der Waals surface area (Å²) >= 11 is 0. The number of carbonyl (C=O) groups is 1. The van der Waals surface area contributed by atoms with Crippen molar-refractivity contribution in [2.75, 3.05) is 39.3 Å². The van der Waals surface area contributed by atoms with Gasteiger partial charge in [-0.15, -0.1) is 0 Å². The van der Waals surface area contributed by atoms with E-state index in [0.717, 1.165) is 44.7 Å². The smallest absolute Gasteiger partial charge is 0.237 e. The lowest BCUT2D eigenvalue weighted by Gasteiger charge is -2.36. The quantitative estimate of drug-likeness (QED) is 0.865. The second-order valence-corrected chi connectivity index (χ2v) is 5.81. The Hall–Kier alpha value is -1.46. The first-order valence-corrected chi connectivity index (χ1v) is 8.08. The van der Waals surface area contributed by atoms with Crippen LogP contribution in [0.15, 0.2) is 24.3 Å². The molecule has 1 aliphatic heterocycles. The van der Waals surface area contributed by atoms with Gasteiger partial charge >= 0.3 is 0 Å². The van der Waals surface area contributed by atoms with Crippen molar-refractivity contribution in [3.63, 3.8) is 0 Å². The second-order valence-electron chi connectivity index (χ2n) is 5.81. The van der Waals surface area contributed by atoms with E-state index < -0.39 is 0 Å². The van der Waals surface area contributed by atoms with Gasteiger partial charge in [0.15, 0.2) is 0 Å². The summed E-state index contributed by atoms with van der Waals surface area (Å²) in [6.45, 7) is 9.75. The fraction of sp³-hybridized carbons (Fsp3) is 0.588. The molecule has 0 spiro atoms. The summed E-state index contributed by atoms with van der Waals surface area (Å²) in [6, 6.07) is 6.33. The molecular weight excluding hydrogens is 281 g/mol. The molecule has 1 aliphatic rings. The lowest BCUT2D eigenvalue weighted by Crippen LogP contribution is -2.53. The molecule has 0 radical (unpaired) electrons. The van der Waals surface area contributed by atoms with E-state index in [-0.39, 0.29) is 17.8 Å². The molecule has 0 saturated carbocycles. The minimum absolute atomic E-state index is 0.0760. The zero-order chi connectivity index (χ0) is 15.9. The predicted molar refractivity (Wildman–Crippen MR) is 86.3 cm³/mol. The van der Waals surface area contributed by atoms with Crippen molar-refractivity contribution in [1.29, 1.82) is 0 Å². The first-order chi connectivity index (χ1) is 10.6. The number of nitrogens with one attached hydrogen (secondary N) is 1. The average molecular weight is 307 g/mol. The van der Waals surface area contributed by atoms with Gasteiger partial charge in [0, 0.05) is 32.7 Å². The number of halogens is 1. The molecule has 4 nitrogen and oxygen atoms in total. The molecule has 1 heterocycles. The van der Waals surface area contributed by atoms with Gasteiger partial charge in [0.25, 0.3) is 0 Å². The molecule has 1 amide bonds.